The fourth-order valence-corrected chi connectivity index (χ4v) is 3.94. The van der Waals surface area contributed by atoms with Crippen molar-refractivity contribution in [2.75, 3.05) is 32.7 Å². The third kappa shape index (κ3) is 5.15. The molecular formula is C19H27ClF3N3O. The van der Waals surface area contributed by atoms with Gasteiger partial charge >= 0.3 is 6.18 Å². The number of nitrogens with zero attached hydrogens (tertiary/aromatic N) is 1. The second-order valence-electron chi connectivity index (χ2n) is 7.56. The van der Waals surface area contributed by atoms with Gasteiger partial charge in [-0.05, 0) is 30.4 Å². The number of piperazine rings is 1. The van der Waals surface area contributed by atoms with Crippen molar-refractivity contribution in [1.29, 1.82) is 0 Å². The maximum atomic E-state index is 13.5. The molecule has 2 aliphatic rings. The Hall–Kier alpha value is -1.31. The van der Waals surface area contributed by atoms with Crippen LogP contribution in [0.15, 0.2) is 24.3 Å². The van der Waals surface area contributed by atoms with Gasteiger partial charge in [0.15, 0.2) is 0 Å². The average Bonchev–Trinajstić information content (AvgIpc) is 2.61. The number of halogens is 4. The summed E-state index contributed by atoms with van der Waals surface area (Å²) >= 11 is 0. The van der Waals surface area contributed by atoms with E-state index >= 15 is 0 Å². The van der Waals surface area contributed by atoms with Crippen molar-refractivity contribution in [3.63, 3.8) is 0 Å². The number of hydrogen-bond donors (Lipinski definition) is 2. The van der Waals surface area contributed by atoms with E-state index in [1.54, 1.807) is 0 Å². The van der Waals surface area contributed by atoms with Gasteiger partial charge < -0.3 is 10.6 Å². The van der Waals surface area contributed by atoms with E-state index in [0.717, 1.165) is 12.0 Å². The number of carbonyl (C=O) groups is 1. The van der Waals surface area contributed by atoms with Crippen molar-refractivity contribution in [1.82, 2.24) is 15.5 Å². The summed E-state index contributed by atoms with van der Waals surface area (Å²) in [4.78, 5) is 14.1. The van der Waals surface area contributed by atoms with Gasteiger partial charge in [0.25, 0.3) is 0 Å². The molecule has 1 aromatic carbocycles. The van der Waals surface area contributed by atoms with Crippen LogP contribution in [-0.4, -0.2) is 55.7 Å². The van der Waals surface area contributed by atoms with Gasteiger partial charge in [-0.3, -0.25) is 9.69 Å². The zero-order valence-electron chi connectivity index (χ0n) is 15.4. The highest BCUT2D eigenvalue weighted by atomic mass is 35.5. The third-order valence-electron chi connectivity index (χ3n) is 5.62. The second kappa shape index (κ2) is 8.80. The fourth-order valence-electron chi connectivity index (χ4n) is 3.94. The van der Waals surface area contributed by atoms with Crippen LogP contribution in [0.5, 0.6) is 0 Å². The highest BCUT2D eigenvalue weighted by molar-refractivity contribution is 5.85. The highest BCUT2D eigenvalue weighted by Crippen LogP contribution is 2.35. The summed E-state index contributed by atoms with van der Waals surface area (Å²) in [6.45, 7) is 3.21. The Morgan fingerprint density at radius 1 is 1.26 bits per heavy atom. The molecule has 0 bridgehead atoms. The lowest BCUT2D eigenvalue weighted by molar-refractivity contribution is -0.184. The van der Waals surface area contributed by atoms with Crippen molar-refractivity contribution in [3.8, 4) is 0 Å². The maximum Gasteiger partial charge on any atom is 0.405 e. The standard InChI is InChI=1S/C19H26F3N3O.ClH/c1-18(7-6-14-4-2-3-5-15(14)12-18)17(26)24-13-16(19(20,21)22)25-10-8-23-9-11-25;/h2-5,16,23H,6-13H2,1H3,(H,24,26);1H. The first-order valence-electron chi connectivity index (χ1n) is 9.16. The summed E-state index contributed by atoms with van der Waals surface area (Å²) in [5.74, 6) is -0.281. The van der Waals surface area contributed by atoms with Crippen LogP contribution in [0.1, 0.15) is 24.5 Å². The van der Waals surface area contributed by atoms with E-state index in [-0.39, 0.29) is 24.9 Å². The number of hydrogen-bond acceptors (Lipinski definition) is 3. The van der Waals surface area contributed by atoms with Crippen LogP contribution in [0.3, 0.4) is 0 Å². The van der Waals surface area contributed by atoms with Gasteiger partial charge in [0, 0.05) is 32.7 Å². The van der Waals surface area contributed by atoms with Gasteiger partial charge in [0.1, 0.15) is 6.04 Å². The number of aryl methyl sites for hydroxylation is 1. The molecule has 1 heterocycles. The lowest BCUT2D eigenvalue weighted by atomic mass is 9.72. The minimum atomic E-state index is -4.36. The van der Waals surface area contributed by atoms with Gasteiger partial charge in [-0.25, -0.2) is 0 Å². The fraction of sp³-hybridized carbons (Fsp3) is 0.632. The van der Waals surface area contributed by atoms with Crippen LogP contribution in [0.4, 0.5) is 13.2 Å². The van der Waals surface area contributed by atoms with Gasteiger partial charge in [-0.15, -0.1) is 12.4 Å². The van der Waals surface area contributed by atoms with Crippen molar-refractivity contribution in [3.05, 3.63) is 35.4 Å². The van der Waals surface area contributed by atoms with E-state index in [0.29, 0.717) is 39.0 Å². The second-order valence-corrected chi connectivity index (χ2v) is 7.56. The van der Waals surface area contributed by atoms with E-state index in [9.17, 15) is 18.0 Å². The van der Waals surface area contributed by atoms with Crippen molar-refractivity contribution in [2.24, 2.45) is 5.41 Å². The van der Waals surface area contributed by atoms with Gasteiger partial charge in [-0.1, -0.05) is 31.2 Å². The molecule has 0 spiro atoms. The van der Waals surface area contributed by atoms with Crippen LogP contribution in [0.25, 0.3) is 0 Å². The predicted octanol–water partition coefficient (Wildman–Crippen LogP) is 2.56. The largest absolute Gasteiger partial charge is 0.405 e. The Balaban J connectivity index is 0.00000261. The van der Waals surface area contributed by atoms with Gasteiger partial charge in [0.05, 0.1) is 5.41 Å². The third-order valence-corrected chi connectivity index (χ3v) is 5.62. The van der Waals surface area contributed by atoms with Crippen molar-refractivity contribution < 1.29 is 18.0 Å². The van der Waals surface area contributed by atoms with E-state index < -0.39 is 17.6 Å². The number of nitrogens with one attached hydrogen (secondary N) is 2. The van der Waals surface area contributed by atoms with Crippen LogP contribution in [0.2, 0.25) is 0 Å². The molecule has 27 heavy (non-hydrogen) atoms. The minimum Gasteiger partial charge on any atom is -0.354 e. The molecule has 2 N–H and O–H groups in total. The number of amides is 1. The molecule has 0 radical (unpaired) electrons. The number of rotatable bonds is 4. The molecular weight excluding hydrogens is 379 g/mol. The molecule has 0 aromatic heterocycles. The zero-order valence-corrected chi connectivity index (χ0v) is 16.3. The molecule has 2 atom stereocenters. The molecule has 8 heteroatoms. The molecule has 2 unspecified atom stereocenters. The Morgan fingerprint density at radius 2 is 1.89 bits per heavy atom. The van der Waals surface area contributed by atoms with E-state index in [4.69, 9.17) is 0 Å². The monoisotopic (exact) mass is 405 g/mol. The Kier molecular flexibility index (Phi) is 7.16. The van der Waals surface area contributed by atoms with Crippen LogP contribution in [-0.2, 0) is 17.6 Å². The normalized spacial score (nSPS) is 24.4. The lowest BCUT2D eigenvalue weighted by Crippen LogP contribution is -2.58. The first-order chi connectivity index (χ1) is 12.3. The molecule has 1 amide bonds. The number of benzene rings is 1. The predicted molar refractivity (Wildman–Crippen MR) is 101 cm³/mol. The molecule has 0 saturated carbocycles. The summed E-state index contributed by atoms with van der Waals surface area (Å²) < 4.78 is 40.4. The maximum absolute atomic E-state index is 13.5. The molecule has 1 fully saturated rings. The Labute approximate surface area is 164 Å². The molecule has 1 aliphatic heterocycles. The van der Waals surface area contributed by atoms with Crippen LogP contribution < -0.4 is 10.6 Å². The molecule has 1 saturated heterocycles. The summed E-state index contributed by atoms with van der Waals surface area (Å²) in [7, 11) is 0. The summed E-state index contributed by atoms with van der Waals surface area (Å²) in [5, 5.41) is 5.66. The molecule has 152 valence electrons. The lowest BCUT2D eigenvalue weighted by Gasteiger charge is -2.38. The zero-order chi connectivity index (χ0) is 18.8. The average molecular weight is 406 g/mol. The minimum absolute atomic E-state index is 0. The van der Waals surface area contributed by atoms with Crippen LogP contribution in [0, 0.1) is 5.41 Å². The summed E-state index contributed by atoms with van der Waals surface area (Å²) in [6.07, 6.45) is -2.36. The van der Waals surface area contributed by atoms with Gasteiger partial charge in [0.2, 0.25) is 5.91 Å². The Morgan fingerprint density at radius 3 is 2.52 bits per heavy atom. The van der Waals surface area contributed by atoms with Crippen molar-refractivity contribution >= 4 is 18.3 Å². The smallest absolute Gasteiger partial charge is 0.354 e. The number of fused-ring (bicyclic) bond motifs is 1. The molecule has 1 aliphatic carbocycles. The van der Waals surface area contributed by atoms with Crippen molar-refractivity contribution in [2.45, 2.75) is 38.4 Å². The molecule has 3 rings (SSSR count). The highest BCUT2D eigenvalue weighted by Gasteiger charge is 2.45. The SMILES string of the molecule is CC1(C(=O)NCC(N2CCNCC2)C(F)(F)F)CCc2ccccc2C1.Cl. The summed E-state index contributed by atoms with van der Waals surface area (Å²) in [6, 6.07) is 6.33. The van der Waals surface area contributed by atoms with E-state index in [1.165, 1.54) is 10.5 Å². The van der Waals surface area contributed by atoms with Crippen LogP contribution >= 0.6 is 12.4 Å². The van der Waals surface area contributed by atoms with Gasteiger partial charge in [-0.2, -0.15) is 13.2 Å². The number of carbonyl (C=O) groups excluding carboxylic acids is 1. The Bertz CT molecular complexity index is 649. The molecule has 4 nitrogen and oxygen atoms in total. The van der Waals surface area contributed by atoms with E-state index in [2.05, 4.69) is 16.7 Å². The first kappa shape index (κ1) is 22.0. The quantitative estimate of drug-likeness (QED) is 0.809. The topological polar surface area (TPSA) is 44.4 Å². The molecule has 1 aromatic rings. The summed E-state index contributed by atoms with van der Waals surface area (Å²) in [5.41, 5.74) is 1.69. The first-order valence-corrected chi connectivity index (χ1v) is 9.16. The van der Waals surface area contributed by atoms with E-state index in [1.807, 2.05) is 25.1 Å². The number of alkyl halides is 3.